The molecular formula is C24H28N6O4S. The Labute approximate surface area is 206 Å². The average molecular weight is 497 g/mol. The largest absolute Gasteiger partial charge is 0.376 e. The van der Waals surface area contributed by atoms with Gasteiger partial charge in [-0.15, -0.1) is 11.3 Å². The molecule has 4 rings (SSSR count). The number of aromatic nitrogens is 3. The summed E-state index contributed by atoms with van der Waals surface area (Å²) in [5.74, 6) is -0.318. The molecule has 35 heavy (non-hydrogen) atoms. The SMILES string of the molecule is Cc1nc(-c2c(C)c(C)nn(C)c2=O)sc1C(=O)Nc1ccc(NC(=O)NCC2CCCO2)cc1. The summed E-state index contributed by atoms with van der Waals surface area (Å²) in [6.07, 6.45) is 2.04. The number of anilines is 2. The van der Waals surface area contributed by atoms with Crippen LogP contribution in [0.15, 0.2) is 29.1 Å². The molecule has 0 bridgehead atoms. The molecule has 10 nitrogen and oxygen atoms in total. The summed E-state index contributed by atoms with van der Waals surface area (Å²) >= 11 is 1.17. The number of aryl methyl sites for hydroxylation is 3. The number of hydrogen-bond donors (Lipinski definition) is 3. The van der Waals surface area contributed by atoms with Crippen molar-refractivity contribution in [2.75, 3.05) is 23.8 Å². The number of rotatable bonds is 6. The fraction of sp³-hybridized carbons (Fsp3) is 0.375. The maximum Gasteiger partial charge on any atom is 0.319 e. The predicted octanol–water partition coefficient (Wildman–Crippen LogP) is 3.38. The van der Waals surface area contributed by atoms with Crippen molar-refractivity contribution < 1.29 is 14.3 Å². The first-order chi connectivity index (χ1) is 16.7. The summed E-state index contributed by atoms with van der Waals surface area (Å²) in [5, 5.41) is 13.1. The van der Waals surface area contributed by atoms with E-state index in [1.165, 1.54) is 16.0 Å². The summed E-state index contributed by atoms with van der Waals surface area (Å²) in [5.41, 5.74) is 3.40. The topological polar surface area (TPSA) is 127 Å². The number of carbonyl (C=O) groups is 2. The van der Waals surface area contributed by atoms with Crippen molar-refractivity contribution in [2.45, 2.75) is 39.7 Å². The van der Waals surface area contributed by atoms with Crippen molar-refractivity contribution in [3.63, 3.8) is 0 Å². The highest BCUT2D eigenvalue weighted by Gasteiger charge is 2.21. The lowest BCUT2D eigenvalue weighted by molar-refractivity contribution is 0.102. The van der Waals surface area contributed by atoms with Gasteiger partial charge in [-0.25, -0.2) is 14.5 Å². The van der Waals surface area contributed by atoms with Crippen LogP contribution >= 0.6 is 11.3 Å². The van der Waals surface area contributed by atoms with Gasteiger partial charge in [0.1, 0.15) is 9.88 Å². The van der Waals surface area contributed by atoms with Crippen LogP contribution in [0, 0.1) is 20.8 Å². The van der Waals surface area contributed by atoms with Gasteiger partial charge in [0.2, 0.25) is 0 Å². The Morgan fingerprint density at radius 3 is 2.46 bits per heavy atom. The highest BCUT2D eigenvalue weighted by Crippen LogP contribution is 2.29. The minimum absolute atomic E-state index is 0.0727. The Balaban J connectivity index is 1.41. The van der Waals surface area contributed by atoms with Gasteiger partial charge >= 0.3 is 6.03 Å². The molecule has 0 saturated carbocycles. The summed E-state index contributed by atoms with van der Waals surface area (Å²) in [6.45, 7) is 6.61. The zero-order chi connectivity index (χ0) is 25.1. The predicted molar refractivity (Wildman–Crippen MR) is 135 cm³/mol. The minimum atomic E-state index is -0.318. The quantitative estimate of drug-likeness (QED) is 0.480. The molecule has 3 heterocycles. The fourth-order valence-electron chi connectivity index (χ4n) is 3.83. The van der Waals surface area contributed by atoms with Crippen molar-refractivity contribution in [3.05, 3.63) is 56.4 Å². The Kier molecular flexibility index (Phi) is 7.27. The summed E-state index contributed by atoms with van der Waals surface area (Å²) < 4.78 is 6.78. The number of hydrogen-bond acceptors (Lipinski definition) is 7. The number of benzene rings is 1. The van der Waals surface area contributed by atoms with Crippen molar-refractivity contribution >= 4 is 34.6 Å². The first-order valence-corrected chi connectivity index (χ1v) is 12.1. The van der Waals surface area contributed by atoms with Gasteiger partial charge in [-0.1, -0.05) is 0 Å². The Morgan fingerprint density at radius 2 is 1.80 bits per heavy atom. The van der Waals surface area contributed by atoms with Crippen LogP contribution < -0.4 is 21.5 Å². The van der Waals surface area contributed by atoms with Gasteiger partial charge in [0.25, 0.3) is 11.5 Å². The fourth-order valence-corrected chi connectivity index (χ4v) is 4.88. The summed E-state index contributed by atoms with van der Waals surface area (Å²) in [7, 11) is 1.60. The lowest BCUT2D eigenvalue weighted by atomic mass is 10.1. The number of thiazole rings is 1. The van der Waals surface area contributed by atoms with Gasteiger partial charge in [-0.05, 0) is 63.4 Å². The minimum Gasteiger partial charge on any atom is -0.376 e. The maximum absolute atomic E-state index is 12.9. The first kappa shape index (κ1) is 24.6. The van der Waals surface area contributed by atoms with Crippen molar-refractivity contribution in [2.24, 2.45) is 7.05 Å². The van der Waals surface area contributed by atoms with E-state index < -0.39 is 0 Å². The van der Waals surface area contributed by atoms with Crippen LogP contribution in [0.25, 0.3) is 10.6 Å². The Morgan fingerprint density at radius 1 is 1.11 bits per heavy atom. The van der Waals surface area contributed by atoms with Gasteiger partial charge in [-0.3, -0.25) is 9.59 Å². The second-order valence-electron chi connectivity index (χ2n) is 8.45. The van der Waals surface area contributed by atoms with Crippen LogP contribution in [0.2, 0.25) is 0 Å². The van der Waals surface area contributed by atoms with Crippen molar-refractivity contribution in [1.29, 1.82) is 0 Å². The van der Waals surface area contributed by atoms with Crippen LogP contribution in [0.1, 0.15) is 39.5 Å². The Hall–Kier alpha value is -3.57. The van der Waals surface area contributed by atoms with Gasteiger partial charge in [0.05, 0.1) is 23.1 Å². The highest BCUT2D eigenvalue weighted by atomic mass is 32.1. The molecule has 3 N–H and O–H groups in total. The highest BCUT2D eigenvalue weighted by molar-refractivity contribution is 7.17. The second-order valence-corrected chi connectivity index (χ2v) is 9.45. The van der Waals surface area contributed by atoms with E-state index in [0.29, 0.717) is 39.1 Å². The molecule has 0 aliphatic carbocycles. The average Bonchev–Trinajstić information content (AvgIpc) is 3.48. The lowest BCUT2D eigenvalue weighted by Gasteiger charge is -2.12. The smallest absolute Gasteiger partial charge is 0.319 e. The molecule has 1 unspecified atom stereocenters. The molecule has 1 aliphatic rings. The van der Waals surface area contributed by atoms with Crippen molar-refractivity contribution in [3.8, 4) is 10.6 Å². The molecule has 1 saturated heterocycles. The van der Waals surface area contributed by atoms with E-state index in [1.807, 2.05) is 13.8 Å². The number of carbonyl (C=O) groups excluding carboxylic acids is 2. The van der Waals surface area contributed by atoms with Crippen LogP contribution in [-0.4, -0.2) is 46.0 Å². The van der Waals surface area contributed by atoms with Crippen molar-refractivity contribution in [1.82, 2.24) is 20.1 Å². The summed E-state index contributed by atoms with van der Waals surface area (Å²) in [4.78, 5) is 42.6. The van der Waals surface area contributed by atoms with Crippen LogP contribution in [0.3, 0.4) is 0 Å². The van der Waals surface area contributed by atoms with Gasteiger partial charge in [0.15, 0.2) is 0 Å². The van der Waals surface area contributed by atoms with E-state index in [4.69, 9.17) is 4.74 Å². The number of nitrogens with zero attached hydrogens (tertiary/aromatic N) is 3. The lowest BCUT2D eigenvalue weighted by Crippen LogP contribution is -2.35. The number of nitrogens with one attached hydrogen (secondary N) is 3. The summed E-state index contributed by atoms with van der Waals surface area (Å²) in [6, 6.07) is 6.52. The van der Waals surface area contributed by atoms with E-state index in [0.717, 1.165) is 30.7 Å². The van der Waals surface area contributed by atoms with Gasteiger partial charge in [-0.2, -0.15) is 5.10 Å². The molecule has 3 amide bonds. The molecule has 1 aromatic carbocycles. The third-order valence-corrected chi connectivity index (χ3v) is 7.03. The molecule has 2 aromatic heterocycles. The Bertz CT molecular complexity index is 1310. The standard InChI is InChI=1S/C24H28N6O4S/c1-13-14(2)29-30(4)23(32)19(13)22-26-15(3)20(35-22)21(31)27-16-7-9-17(10-8-16)28-24(33)25-12-18-6-5-11-34-18/h7-10,18H,5-6,11-12H2,1-4H3,(H,27,31)(H2,25,28,33). The van der Waals surface area contributed by atoms with Gasteiger partial charge in [0, 0.05) is 31.6 Å². The first-order valence-electron chi connectivity index (χ1n) is 11.3. The molecular weight excluding hydrogens is 468 g/mol. The third kappa shape index (κ3) is 5.57. The molecule has 1 atom stereocenters. The van der Waals surface area contributed by atoms with Crippen LogP contribution in [-0.2, 0) is 11.8 Å². The molecule has 1 fully saturated rings. The molecule has 184 valence electrons. The normalized spacial score (nSPS) is 15.1. The second kappa shape index (κ2) is 10.4. The van der Waals surface area contributed by atoms with E-state index in [1.54, 1.807) is 38.2 Å². The zero-order valence-corrected chi connectivity index (χ0v) is 20.9. The molecule has 1 aliphatic heterocycles. The molecule has 0 spiro atoms. The number of amides is 3. The molecule has 3 aromatic rings. The monoisotopic (exact) mass is 496 g/mol. The maximum atomic E-state index is 12.9. The van der Waals surface area contributed by atoms with Gasteiger partial charge < -0.3 is 20.7 Å². The number of ether oxygens (including phenoxy) is 1. The van der Waals surface area contributed by atoms with Crippen LogP contribution in [0.4, 0.5) is 16.2 Å². The third-order valence-electron chi connectivity index (χ3n) is 5.86. The number of urea groups is 1. The van der Waals surface area contributed by atoms with E-state index in [-0.39, 0.29) is 23.6 Å². The van der Waals surface area contributed by atoms with E-state index >= 15 is 0 Å². The van der Waals surface area contributed by atoms with E-state index in [2.05, 4.69) is 26.0 Å². The van der Waals surface area contributed by atoms with Crippen LogP contribution in [0.5, 0.6) is 0 Å². The van der Waals surface area contributed by atoms with E-state index in [9.17, 15) is 14.4 Å². The zero-order valence-electron chi connectivity index (χ0n) is 20.1. The molecule has 11 heteroatoms. The molecule has 0 radical (unpaired) electrons.